The lowest BCUT2D eigenvalue weighted by Crippen LogP contribution is -2.59. The van der Waals surface area contributed by atoms with E-state index in [0.717, 1.165) is 43.2 Å². The standard InChI is InChI=1S/C36H48O6/c1-23(2)9-8-10-24(3)11-14-28-29(37)18-26(19-30(28)38)13-12-25-17-27-21-32-35(4,5)33(41-22-40-7)15-16-36(32,6)42-34(27)31(39)20-25/h9,11-13,17-20,32-33,37-39H,8,10,14-16,21-22H2,1-7H3/b13-12+,24-11+/t32-,33-,36-/m1/s1. The molecule has 0 amide bonds. The van der Waals surface area contributed by atoms with Crippen LogP contribution in [0.3, 0.4) is 0 Å². The number of fused-ring (bicyclic) bond motifs is 2. The SMILES string of the molecule is COCO[C@@H]1CC[C@@]2(C)Oc3c(O)cc(/C=C/c4cc(O)c(C/C=C(\C)CCC=C(C)C)c(O)c4)cc3C[C@@H]2C1(C)C. The van der Waals surface area contributed by atoms with Crippen molar-refractivity contribution in [3.05, 3.63) is 69.8 Å². The molecule has 42 heavy (non-hydrogen) atoms. The van der Waals surface area contributed by atoms with E-state index in [1.54, 1.807) is 25.3 Å². The summed E-state index contributed by atoms with van der Waals surface area (Å²) in [4.78, 5) is 0. The number of hydrogen-bond donors (Lipinski definition) is 3. The maximum atomic E-state index is 11.0. The summed E-state index contributed by atoms with van der Waals surface area (Å²) in [6, 6.07) is 7.08. The van der Waals surface area contributed by atoms with Crippen LogP contribution in [0.5, 0.6) is 23.0 Å². The van der Waals surface area contributed by atoms with Crippen molar-refractivity contribution in [1.82, 2.24) is 0 Å². The summed E-state index contributed by atoms with van der Waals surface area (Å²) in [5, 5.41) is 32.3. The van der Waals surface area contributed by atoms with Gasteiger partial charge in [-0.3, -0.25) is 0 Å². The topological polar surface area (TPSA) is 88.4 Å². The molecule has 1 heterocycles. The van der Waals surface area contributed by atoms with Gasteiger partial charge in [-0.15, -0.1) is 0 Å². The van der Waals surface area contributed by atoms with Crippen LogP contribution < -0.4 is 4.74 Å². The summed E-state index contributed by atoms with van der Waals surface area (Å²) in [5.74, 6) is 0.998. The second kappa shape index (κ2) is 13.0. The van der Waals surface area contributed by atoms with Gasteiger partial charge >= 0.3 is 0 Å². The van der Waals surface area contributed by atoms with E-state index in [-0.39, 0.29) is 41.5 Å². The molecule has 6 heteroatoms. The van der Waals surface area contributed by atoms with Crippen LogP contribution >= 0.6 is 0 Å². The van der Waals surface area contributed by atoms with E-state index in [2.05, 4.69) is 59.8 Å². The molecule has 1 fully saturated rings. The number of hydrogen-bond acceptors (Lipinski definition) is 6. The Morgan fingerprint density at radius 2 is 1.60 bits per heavy atom. The van der Waals surface area contributed by atoms with Crippen LogP contribution in [0, 0.1) is 11.3 Å². The van der Waals surface area contributed by atoms with E-state index in [9.17, 15) is 15.3 Å². The molecule has 0 spiro atoms. The average molecular weight is 577 g/mol. The molecule has 2 aromatic carbocycles. The van der Waals surface area contributed by atoms with Gasteiger partial charge in [-0.05, 0) is 113 Å². The van der Waals surface area contributed by atoms with Crippen molar-refractivity contribution in [2.45, 2.75) is 91.8 Å². The number of phenols is 3. The van der Waals surface area contributed by atoms with Crippen molar-refractivity contribution in [1.29, 1.82) is 0 Å². The predicted molar refractivity (Wildman–Crippen MR) is 169 cm³/mol. The summed E-state index contributed by atoms with van der Waals surface area (Å²) < 4.78 is 17.8. The zero-order chi connectivity index (χ0) is 30.7. The van der Waals surface area contributed by atoms with Gasteiger partial charge in [0.2, 0.25) is 0 Å². The summed E-state index contributed by atoms with van der Waals surface area (Å²) in [6.07, 6.45) is 12.9. The molecule has 0 aromatic heterocycles. The molecule has 4 rings (SSSR count). The Morgan fingerprint density at radius 3 is 2.24 bits per heavy atom. The summed E-state index contributed by atoms with van der Waals surface area (Å²) in [6.45, 7) is 13.1. The lowest BCUT2D eigenvalue weighted by molar-refractivity contribution is -0.185. The lowest BCUT2D eigenvalue weighted by atomic mass is 9.57. The van der Waals surface area contributed by atoms with Gasteiger partial charge in [0.1, 0.15) is 23.9 Å². The van der Waals surface area contributed by atoms with Gasteiger partial charge in [0.15, 0.2) is 11.5 Å². The van der Waals surface area contributed by atoms with Gasteiger partial charge in [0, 0.05) is 18.6 Å². The average Bonchev–Trinajstić information content (AvgIpc) is 2.90. The lowest BCUT2D eigenvalue weighted by Gasteiger charge is -2.56. The van der Waals surface area contributed by atoms with Crippen molar-refractivity contribution in [3.8, 4) is 23.0 Å². The Labute approximate surface area is 251 Å². The maximum Gasteiger partial charge on any atom is 0.164 e. The third kappa shape index (κ3) is 7.04. The molecule has 228 valence electrons. The van der Waals surface area contributed by atoms with E-state index in [0.29, 0.717) is 23.3 Å². The Kier molecular flexibility index (Phi) is 9.79. The van der Waals surface area contributed by atoms with E-state index in [1.807, 2.05) is 12.2 Å². The van der Waals surface area contributed by atoms with Crippen LogP contribution in [0.2, 0.25) is 0 Å². The Balaban J connectivity index is 1.51. The minimum atomic E-state index is -0.394. The van der Waals surface area contributed by atoms with Gasteiger partial charge in [-0.2, -0.15) is 0 Å². The van der Waals surface area contributed by atoms with Crippen LogP contribution in [-0.4, -0.2) is 40.9 Å². The van der Waals surface area contributed by atoms with Crippen LogP contribution in [-0.2, 0) is 22.3 Å². The fourth-order valence-corrected chi connectivity index (χ4v) is 6.67. The van der Waals surface area contributed by atoms with E-state index in [1.165, 1.54) is 11.1 Å². The van der Waals surface area contributed by atoms with Gasteiger partial charge in [-0.1, -0.05) is 49.3 Å². The molecule has 0 bridgehead atoms. The number of benzene rings is 2. The second-order valence-electron chi connectivity index (χ2n) is 13.1. The normalized spacial score (nSPS) is 23.3. The van der Waals surface area contributed by atoms with Crippen molar-refractivity contribution < 1.29 is 29.5 Å². The number of rotatable bonds is 10. The Bertz CT molecular complexity index is 1340. The first-order valence-corrected chi connectivity index (χ1v) is 15.0. The fourth-order valence-electron chi connectivity index (χ4n) is 6.67. The number of aromatic hydroxyl groups is 3. The van der Waals surface area contributed by atoms with E-state index < -0.39 is 5.60 Å². The van der Waals surface area contributed by atoms with Gasteiger partial charge in [0.25, 0.3) is 0 Å². The van der Waals surface area contributed by atoms with Gasteiger partial charge in [0.05, 0.1) is 6.10 Å². The number of allylic oxidation sites excluding steroid dienone is 4. The first-order chi connectivity index (χ1) is 19.8. The van der Waals surface area contributed by atoms with Crippen molar-refractivity contribution in [3.63, 3.8) is 0 Å². The molecule has 1 aliphatic heterocycles. The third-order valence-electron chi connectivity index (χ3n) is 9.12. The molecule has 1 aliphatic carbocycles. The predicted octanol–water partition coefficient (Wildman–Crippen LogP) is 8.33. The highest BCUT2D eigenvalue weighted by atomic mass is 16.7. The fraction of sp³-hybridized carbons (Fsp3) is 0.500. The summed E-state index contributed by atoms with van der Waals surface area (Å²) >= 11 is 0. The quantitative estimate of drug-likeness (QED) is 0.150. The maximum absolute atomic E-state index is 11.0. The molecule has 3 atom stereocenters. The minimum Gasteiger partial charge on any atom is -0.507 e. The molecule has 0 unspecified atom stereocenters. The minimum absolute atomic E-state index is 0.0579. The highest BCUT2D eigenvalue weighted by molar-refractivity contribution is 5.73. The number of phenolic OH excluding ortho intramolecular Hbond substituents is 3. The smallest absolute Gasteiger partial charge is 0.164 e. The van der Waals surface area contributed by atoms with Crippen LogP contribution in [0.4, 0.5) is 0 Å². The van der Waals surface area contributed by atoms with Crippen LogP contribution in [0.1, 0.15) is 89.5 Å². The molecule has 3 N–H and O–H groups in total. The van der Waals surface area contributed by atoms with Gasteiger partial charge in [-0.25, -0.2) is 0 Å². The van der Waals surface area contributed by atoms with Crippen LogP contribution in [0.15, 0.2) is 47.6 Å². The largest absolute Gasteiger partial charge is 0.507 e. The van der Waals surface area contributed by atoms with E-state index >= 15 is 0 Å². The highest BCUT2D eigenvalue weighted by Crippen LogP contribution is 2.55. The number of methoxy groups -OCH3 is 1. The molecule has 6 nitrogen and oxygen atoms in total. The third-order valence-corrected chi connectivity index (χ3v) is 9.12. The summed E-state index contributed by atoms with van der Waals surface area (Å²) in [7, 11) is 1.64. The van der Waals surface area contributed by atoms with Crippen LogP contribution in [0.25, 0.3) is 12.2 Å². The molecule has 0 saturated heterocycles. The zero-order valence-corrected chi connectivity index (χ0v) is 26.3. The van der Waals surface area contributed by atoms with Crippen molar-refractivity contribution >= 4 is 12.2 Å². The highest BCUT2D eigenvalue weighted by Gasteiger charge is 2.55. The molecule has 0 radical (unpaired) electrons. The first kappa shape index (κ1) is 31.7. The molecule has 2 aliphatic rings. The molecular formula is C36H48O6. The van der Waals surface area contributed by atoms with Crippen molar-refractivity contribution in [2.75, 3.05) is 13.9 Å². The monoisotopic (exact) mass is 576 g/mol. The molecule has 2 aromatic rings. The van der Waals surface area contributed by atoms with Gasteiger partial charge < -0.3 is 29.5 Å². The number of ether oxygens (including phenoxy) is 3. The van der Waals surface area contributed by atoms with Crippen molar-refractivity contribution in [2.24, 2.45) is 11.3 Å². The first-order valence-electron chi connectivity index (χ1n) is 15.0. The summed E-state index contributed by atoms with van der Waals surface area (Å²) in [5.41, 5.74) is 4.95. The molecular weight excluding hydrogens is 528 g/mol. The molecule has 1 saturated carbocycles. The Hall–Kier alpha value is -3.22. The zero-order valence-electron chi connectivity index (χ0n) is 26.3. The van der Waals surface area contributed by atoms with E-state index in [4.69, 9.17) is 14.2 Å². The Morgan fingerprint density at radius 1 is 0.952 bits per heavy atom. The second-order valence-corrected chi connectivity index (χ2v) is 13.1.